The van der Waals surface area contributed by atoms with Gasteiger partial charge in [0.05, 0.1) is 0 Å². The highest BCUT2D eigenvalue weighted by molar-refractivity contribution is 5.57. The van der Waals surface area contributed by atoms with Crippen LogP contribution in [0.15, 0.2) is 6.33 Å². The van der Waals surface area contributed by atoms with Crippen LogP contribution in [0, 0.1) is 6.92 Å². The Balaban J connectivity index is 2.78. The highest BCUT2D eigenvalue weighted by atomic mass is 15.2. The first-order chi connectivity index (χ1) is 8.06. The Morgan fingerprint density at radius 2 is 1.88 bits per heavy atom. The first-order valence-corrected chi connectivity index (χ1v) is 5.97. The van der Waals surface area contributed by atoms with Crippen molar-refractivity contribution < 1.29 is 0 Å². The van der Waals surface area contributed by atoms with Crippen LogP contribution in [0.1, 0.15) is 12.5 Å². The summed E-state index contributed by atoms with van der Waals surface area (Å²) >= 11 is 0. The second kappa shape index (κ2) is 6.39. The number of hydrogen-bond donors (Lipinski definition) is 1. The monoisotopic (exact) mass is 237 g/mol. The molecule has 0 unspecified atom stereocenters. The van der Waals surface area contributed by atoms with Gasteiger partial charge < -0.3 is 15.1 Å². The van der Waals surface area contributed by atoms with E-state index in [1.807, 2.05) is 0 Å². The summed E-state index contributed by atoms with van der Waals surface area (Å²) in [6, 6.07) is 0. The molecule has 0 saturated heterocycles. The van der Waals surface area contributed by atoms with E-state index in [0.29, 0.717) is 0 Å². The standard InChI is InChI=1S/C12H23N5/c1-6-13-11-10(2)12(15-9-14-11)17(5)8-7-16(3)4/h9H,6-8H2,1-5H3,(H,13,14,15). The largest absolute Gasteiger partial charge is 0.370 e. The van der Waals surface area contributed by atoms with Crippen LogP contribution >= 0.6 is 0 Å². The van der Waals surface area contributed by atoms with E-state index >= 15 is 0 Å². The lowest BCUT2D eigenvalue weighted by Crippen LogP contribution is -2.29. The minimum atomic E-state index is 0.874. The molecule has 0 saturated carbocycles. The first kappa shape index (κ1) is 13.7. The Morgan fingerprint density at radius 3 is 2.47 bits per heavy atom. The molecule has 0 fully saturated rings. The summed E-state index contributed by atoms with van der Waals surface area (Å²) in [6.45, 7) is 6.96. The highest BCUT2D eigenvalue weighted by Crippen LogP contribution is 2.20. The van der Waals surface area contributed by atoms with Gasteiger partial charge in [0, 0.05) is 32.2 Å². The summed E-state index contributed by atoms with van der Waals surface area (Å²) in [5.74, 6) is 1.92. The summed E-state index contributed by atoms with van der Waals surface area (Å²) in [4.78, 5) is 12.9. The van der Waals surface area contributed by atoms with Crippen LogP contribution in [0.3, 0.4) is 0 Å². The zero-order valence-electron chi connectivity index (χ0n) is 11.5. The number of hydrogen-bond acceptors (Lipinski definition) is 5. The van der Waals surface area contributed by atoms with E-state index in [4.69, 9.17) is 0 Å². The molecule has 5 nitrogen and oxygen atoms in total. The van der Waals surface area contributed by atoms with Crippen molar-refractivity contribution in [1.29, 1.82) is 0 Å². The Kier molecular flexibility index (Phi) is 5.15. The summed E-state index contributed by atoms with van der Waals surface area (Å²) in [7, 11) is 6.21. The third-order valence-electron chi connectivity index (χ3n) is 2.65. The summed E-state index contributed by atoms with van der Waals surface area (Å²) in [5.41, 5.74) is 1.11. The van der Waals surface area contributed by atoms with Gasteiger partial charge in [-0.3, -0.25) is 0 Å². The zero-order valence-corrected chi connectivity index (χ0v) is 11.5. The maximum atomic E-state index is 4.36. The van der Waals surface area contributed by atoms with Crippen LogP contribution in [-0.4, -0.2) is 55.6 Å². The lowest BCUT2D eigenvalue weighted by molar-refractivity contribution is 0.416. The van der Waals surface area contributed by atoms with E-state index in [1.165, 1.54) is 0 Å². The van der Waals surface area contributed by atoms with Crippen LogP contribution in [0.2, 0.25) is 0 Å². The van der Waals surface area contributed by atoms with Crippen molar-refractivity contribution in [3.63, 3.8) is 0 Å². The van der Waals surface area contributed by atoms with Crippen molar-refractivity contribution in [1.82, 2.24) is 14.9 Å². The van der Waals surface area contributed by atoms with Crippen molar-refractivity contribution >= 4 is 11.6 Å². The average molecular weight is 237 g/mol. The van der Waals surface area contributed by atoms with Gasteiger partial charge in [-0.15, -0.1) is 0 Å². The van der Waals surface area contributed by atoms with Gasteiger partial charge in [0.1, 0.15) is 18.0 Å². The van der Waals surface area contributed by atoms with Gasteiger partial charge in [-0.05, 0) is 27.9 Å². The predicted molar refractivity (Wildman–Crippen MR) is 72.8 cm³/mol. The molecule has 0 aromatic carbocycles. The van der Waals surface area contributed by atoms with Gasteiger partial charge in [0.15, 0.2) is 0 Å². The molecule has 0 aliphatic heterocycles. The fourth-order valence-electron chi connectivity index (χ4n) is 1.63. The van der Waals surface area contributed by atoms with E-state index < -0.39 is 0 Å². The maximum absolute atomic E-state index is 4.36. The van der Waals surface area contributed by atoms with Gasteiger partial charge >= 0.3 is 0 Å². The molecule has 0 bridgehead atoms. The second-order valence-electron chi connectivity index (χ2n) is 4.43. The zero-order chi connectivity index (χ0) is 12.8. The normalized spacial score (nSPS) is 10.7. The molecular weight excluding hydrogens is 214 g/mol. The fourth-order valence-corrected chi connectivity index (χ4v) is 1.63. The molecule has 1 N–H and O–H groups in total. The molecule has 0 aliphatic rings. The smallest absolute Gasteiger partial charge is 0.136 e. The van der Waals surface area contributed by atoms with E-state index in [0.717, 1.165) is 36.8 Å². The van der Waals surface area contributed by atoms with Gasteiger partial charge in [-0.1, -0.05) is 0 Å². The molecule has 1 rings (SSSR count). The number of aromatic nitrogens is 2. The van der Waals surface area contributed by atoms with Gasteiger partial charge in [-0.25, -0.2) is 9.97 Å². The number of likely N-dealkylation sites (N-methyl/N-ethyl adjacent to an activating group) is 2. The van der Waals surface area contributed by atoms with Gasteiger partial charge in [0.25, 0.3) is 0 Å². The van der Waals surface area contributed by atoms with Gasteiger partial charge in [0.2, 0.25) is 0 Å². The quantitative estimate of drug-likeness (QED) is 0.806. The molecule has 1 aromatic rings. The molecule has 0 radical (unpaired) electrons. The fraction of sp³-hybridized carbons (Fsp3) is 0.667. The molecule has 0 amide bonds. The minimum absolute atomic E-state index is 0.874. The lowest BCUT2D eigenvalue weighted by Gasteiger charge is -2.22. The van der Waals surface area contributed by atoms with E-state index in [1.54, 1.807) is 6.33 Å². The van der Waals surface area contributed by atoms with Crippen molar-refractivity contribution in [2.75, 3.05) is 51.0 Å². The molecule has 96 valence electrons. The highest BCUT2D eigenvalue weighted by Gasteiger charge is 2.10. The van der Waals surface area contributed by atoms with Crippen LogP contribution in [0.4, 0.5) is 11.6 Å². The molecule has 0 spiro atoms. The number of nitrogens with one attached hydrogen (secondary N) is 1. The Hall–Kier alpha value is -1.36. The minimum Gasteiger partial charge on any atom is -0.370 e. The number of nitrogens with zero attached hydrogens (tertiary/aromatic N) is 4. The van der Waals surface area contributed by atoms with Crippen molar-refractivity contribution in [2.24, 2.45) is 0 Å². The van der Waals surface area contributed by atoms with Crippen molar-refractivity contribution in [2.45, 2.75) is 13.8 Å². The summed E-state index contributed by atoms with van der Waals surface area (Å²) in [5, 5.41) is 3.25. The SMILES string of the molecule is CCNc1ncnc(N(C)CCN(C)C)c1C. The maximum Gasteiger partial charge on any atom is 0.136 e. The molecule has 5 heteroatoms. The van der Waals surface area contributed by atoms with Crippen LogP contribution in [0.5, 0.6) is 0 Å². The van der Waals surface area contributed by atoms with Crippen LogP contribution in [-0.2, 0) is 0 Å². The Labute approximate surface area is 104 Å². The Bertz CT molecular complexity index is 351. The molecule has 0 aliphatic carbocycles. The molecule has 17 heavy (non-hydrogen) atoms. The lowest BCUT2D eigenvalue weighted by atomic mass is 10.3. The van der Waals surface area contributed by atoms with E-state index in [2.05, 4.69) is 60.1 Å². The third kappa shape index (κ3) is 3.85. The van der Waals surface area contributed by atoms with Crippen molar-refractivity contribution in [3.8, 4) is 0 Å². The second-order valence-corrected chi connectivity index (χ2v) is 4.43. The molecular formula is C12H23N5. The average Bonchev–Trinajstić information content (AvgIpc) is 2.29. The first-order valence-electron chi connectivity index (χ1n) is 5.97. The third-order valence-corrected chi connectivity index (χ3v) is 2.65. The van der Waals surface area contributed by atoms with Gasteiger partial charge in [-0.2, -0.15) is 0 Å². The summed E-state index contributed by atoms with van der Waals surface area (Å²) in [6.07, 6.45) is 1.62. The predicted octanol–water partition coefficient (Wildman–Crippen LogP) is 1.21. The number of anilines is 2. The summed E-state index contributed by atoms with van der Waals surface area (Å²) < 4.78 is 0. The number of rotatable bonds is 6. The van der Waals surface area contributed by atoms with Crippen LogP contribution in [0.25, 0.3) is 0 Å². The molecule has 1 heterocycles. The molecule has 1 aromatic heterocycles. The van der Waals surface area contributed by atoms with E-state index in [-0.39, 0.29) is 0 Å². The van der Waals surface area contributed by atoms with Crippen molar-refractivity contribution in [3.05, 3.63) is 11.9 Å². The van der Waals surface area contributed by atoms with E-state index in [9.17, 15) is 0 Å². The Morgan fingerprint density at radius 1 is 1.18 bits per heavy atom. The topological polar surface area (TPSA) is 44.3 Å². The van der Waals surface area contributed by atoms with Crippen LogP contribution < -0.4 is 10.2 Å². The molecule has 0 atom stereocenters.